The first-order chi connectivity index (χ1) is 40.5. The van der Waals surface area contributed by atoms with Gasteiger partial charge in [-0.2, -0.15) is 0 Å². The molecule has 1 aromatic carbocycles. The number of benzene rings is 1. The highest BCUT2D eigenvalue weighted by atomic mass is 16.6. The van der Waals surface area contributed by atoms with Crippen LogP contribution in [0.25, 0.3) is 0 Å². The van der Waals surface area contributed by atoms with E-state index in [0.717, 1.165) is 13.0 Å². The first-order valence-corrected chi connectivity index (χ1v) is 28.2. The molecule has 1 heterocycles. The number of anilines is 1. The van der Waals surface area contributed by atoms with Gasteiger partial charge in [0.05, 0.1) is 184 Å². The van der Waals surface area contributed by atoms with Crippen molar-refractivity contribution in [2.75, 3.05) is 190 Å². The summed E-state index contributed by atoms with van der Waals surface area (Å²) in [5.41, 5.74) is 6.71. The quantitative estimate of drug-likeness (QED) is 0.0344. The molecule has 6 amide bonds. The Balaban J connectivity index is 1.38. The fraction of sp³-hybridized carbons (Fsp3) is 0.755. The van der Waals surface area contributed by atoms with Crippen molar-refractivity contribution in [3.8, 4) is 0 Å². The molecular formula is C53H94N10O20. The van der Waals surface area contributed by atoms with Crippen molar-refractivity contribution in [2.45, 2.75) is 71.8 Å². The Morgan fingerprint density at radius 2 is 1.00 bits per heavy atom. The lowest BCUT2D eigenvalue weighted by Crippen LogP contribution is -2.55. The van der Waals surface area contributed by atoms with Gasteiger partial charge in [0.25, 0.3) is 0 Å². The Bertz CT molecular complexity index is 1930. The first-order valence-electron chi connectivity index (χ1n) is 28.2. The molecule has 0 radical (unpaired) electrons. The van der Waals surface area contributed by atoms with Crippen molar-refractivity contribution >= 4 is 35.5 Å². The maximum Gasteiger partial charge on any atom is 0.407 e. The molecule has 0 saturated heterocycles. The minimum Gasteiger partial charge on any atom is -0.445 e. The number of urea groups is 1. The van der Waals surface area contributed by atoms with Gasteiger partial charge in [0.2, 0.25) is 17.7 Å². The highest BCUT2D eigenvalue weighted by Gasteiger charge is 2.29. The molecule has 476 valence electrons. The van der Waals surface area contributed by atoms with Crippen molar-refractivity contribution in [3.63, 3.8) is 0 Å². The third kappa shape index (κ3) is 43.1. The van der Waals surface area contributed by atoms with Crippen LogP contribution in [0.2, 0.25) is 0 Å². The Kier molecular flexibility index (Phi) is 46.5. The molecule has 30 nitrogen and oxygen atoms in total. The van der Waals surface area contributed by atoms with Crippen LogP contribution in [0.5, 0.6) is 0 Å². The minimum atomic E-state index is -1.04. The maximum absolute atomic E-state index is 13.3. The molecule has 2 aromatic rings. The SMILES string of the molecule is CCCOCCOCCOCCOCCOCCOCCOCCOCCOCCOCCOCCOCCOCCn1cc(CNC(=O)OCc2ccc(NC(=O)[C@H](CCCNC(N)=O)NC(=O)[C@@H](NC(=O)CON)C(C)C)cc2)nn1. The van der Waals surface area contributed by atoms with Crippen LogP contribution in [-0.2, 0) is 105 Å². The fourth-order valence-electron chi connectivity index (χ4n) is 6.72. The van der Waals surface area contributed by atoms with Crippen molar-refractivity contribution in [3.05, 3.63) is 41.7 Å². The zero-order valence-electron chi connectivity index (χ0n) is 48.8. The average molecular weight is 1190 g/mol. The second-order valence-electron chi connectivity index (χ2n) is 18.1. The molecule has 30 heteroatoms. The summed E-state index contributed by atoms with van der Waals surface area (Å²) in [6.07, 6.45) is 2.47. The van der Waals surface area contributed by atoms with Gasteiger partial charge in [0.1, 0.15) is 31.0 Å². The number of primary amides is 1. The molecule has 0 aliphatic rings. The number of ether oxygens (including phenoxy) is 14. The summed E-state index contributed by atoms with van der Waals surface area (Å²) in [7, 11) is 0. The second-order valence-corrected chi connectivity index (χ2v) is 18.1. The number of hydrogen-bond acceptors (Lipinski definition) is 23. The summed E-state index contributed by atoms with van der Waals surface area (Å²) in [6.45, 7) is 18.4. The monoisotopic (exact) mass is 1190 g/mol. The average Bonchev–Trinajstić information content (AvgIpc) is 3.93. The van der Waals surface area contributed by atoms with Gasteiger partial charge in [0, 0.05) is 18.8 Å². The standard InChI is InChI=1S/C53H94N10O20/c1-4-13-69-15-17-71-19-21-73-23-25-75-27-29-77-31-33-79-35-37-81-38-36-80-34-32-78-30-28-76-26-24-74-22-20-72-18-16-70-14-12-63-40-46(61-62-63)39-57-53(68)82-41-44-7-9-45(10-8-44)58-50(65)47(6-5-11-56-52(54)67)59-51(66)49(43(2)3)60-48(64)42-83-55/h7-10,40,43,47,49H,4-6,11-39,41-42,55H2,1-3H3,(H,57,68)(H,58,65)(H,59,66)(H,60,64)(H3,54,56,67)/t47-,49-/m0/s1. The van der Waals surface area contributed by atoms with E-state index in [9.17, 15) is 24.0 Å². The van der Waals surface area contributed by atoms with Crippen LogP contribution in [0.1, 0.15) is 51.3 Å². The molecule has 2 atom stereocenters. The van der Waals surface area contributed by atoms with E-state index in [-0.39, 0.29) is 32.0 Å². The number of carbonyl (C=O) groups excluding carboxylic acids is 5. The van der Waals surface area contributed by atoms with E-state index in [4.69, 9.17) is 77.9 Å². The van der Waals surface area contributed by atoms with E-state index in [1.165, 1.54) is 0 Å². The smallest absolute Gasteiger partial charge is 0.407 e. The van der Waals surface area contributed by atoms with Crippen molar-refractivity contribution < 1.29 is 95.1 Å². The number of nitrogens with two attached hydrogens (primary N) is 2. The first kappa shape index (κ1) is 73.8. The molecule has 1 aromatic heterocycles. The van der Waals surface area contributed by atoms with Crippen LogP contribution in [0.3, 0.4) is 0 Å². The summed E-state index contributed by atoms with van der Waals surface area (Å²) in [5.74, 6) is 2.90. The van der Waals surface area contributed by atoms with Crippen LogP contribution in [-0.4, -0.2) is 242 Å². The van der Waals surface area contributed by atoms with Crippen LogP contribution in [0.4, 0.5) is 15.3 Å². The number of nitrogens with one attached hydrogen (secondary N) is 5. The molecule has 0 aliphatic carbocycles. The Hall–Kier alpha value is -5.29. The number of nitrogens with zero attached hydrogens (tertiary/aromatic N) is 3. The van der Waals surface area contributed by atoms with Gasteiger partial charge < -0.3 is 98.6 Å². The number of alkyl carbamates (subject to hydrolysis) is 1. The summed E-state index contributed by atoms with van der Waals surface area (Å²) < 4.78 is 78.4. The van der Waals surface area contributed by atoms with Crippen molar-refractivity contribution in [2.24, 2.45) is 17.5 Å². The van der Waals surface area contributed by atoms with Crippen LogP contribution in [0, 0.1) is 5.92 Å². The lowest BCUT2D eigenvalue weighted by atomic mass is 10.0. The molecular weight excluding hydrogens is 1100 g/mol. The van der Waals surface area contributed by atoms with E-state index < -0.39 is 48.5 Å². The highest BCUT2D eigenvalue weighted by Crippen LogP contribution is 2.13. The van der Waals surface area contributed by atoms with Crippen molar-refractivity contribution in [1.29, 1.82) is 0 Å². The molecule has 0 unspecified atom stereocenters. The number of rotatable bonds is 57. The van der Waals surface area contributed by atoms with Crippen LogP contribution in [0.15, 0.2) is 30.5 Å². The number of amides is 6. The summed E-state index contributed by atoms with van der Waals surface area (Å²) in [5, 5.41) is 21.2. The van der Waals surface area contributed by atoms with Gasteiger partial charge in [-0.25, -0.2) is 20.2 Å². The molecule has 0 saturated carbocycles. The molecule has 9 N–H and O–H groups in total. The van der Waals surface area contributed by atoms with Gasteiger partial charge >= 0.3 is 12.1 Å². The molecule has 2 rings (SSSR count). The third-order valence-corrected chi connectivity index (χ3v) is 11.0. The van der Waals surface area contributed by atoms with Gasteiger partial charge in [-0.05, 0) is 42.9 Å². The Morgan fingerprint density at radius 1 is 0.566 bits per heavy atom. The lowest BCUT2D eigenvalue weighted by Gasteiger charge is -2.25. The number of carbonyl (C=O) groups is 5. The molecule has 0 spiro atoms. The normalized spacial score (nSPS) is 12.1. The van der Waals surface area contributed by atoms with E-state index in [2.05, 4.69) is 48.7 Å². The third-order valence-electron chi connectivity index (χ3n) is 11.0. The van der Waals surface area contributed by atoms with Gasteiger partial charge in [-0.3, -0.25) is 19.2 Å². The second kappa shape index (κ2) is 52.3. The maximum atomic E-state index is 13.3. The Labute approximate surface area is 487 Å². The highest BCUT2D eigenvalue weighted by molar-refractivity contribution is 5.98. The van der Waals surface area contributed by atoms with E-state index >= 15 is 0 Å². The Morgan fingerprint density at radius 3 is 1.41 bits per heavy atom. The molecule has 0 bridgehead atoms. The predicted octanol–water partition coefficient (Wildman–Crippen LogP) is 0.233. The van der Waals surface area contributed by atoms with E-state index in [1.807, 2.05) is 0 Å². The van der Waals surface area contributed by atoms with Crippen LogP contribution < -0.4 is 38.2 Å². The number of hydrogen-bond donors (Lipinski definition) is 7. The van der Waals surface area contributed by atoms with E-state index in [0.29, 0.717) is 195 Å². The molecule has 83 heavy (non-hydrogen) atoms. The minimum absolute atomic E-state index is 0.0602. The largest absolute Gasteiger partial charge is 0.445 e. The van der Waals surface area contributed by atoms with Gasteiger partial charge in [-0.15, -0.1) is 5.10 Å². The topological polar surface area (TPSA) is 367 Å². The zero-order valence-corrected chi connectivity index (χ0v) is 48.8. The summed E-state index contributed by atoms with van der Waals surface area (Å²) in [4.78, 5) is 66.5. The van der Waals surface area contributed by atoms with Gasteiger partial charge in [-0.1, -0.05) is 38.1 Å². The summed E-state index contributed by atoms with van der Waals surface area (Å²) >= 11 is 0. The van der Waals surface area contributed by atoms with Crippen LogP contribution >= 0.6 is 0 Å². The fourth-order valence-corrected chi connectivity index (χ4v) is 6.72. The summed E-state index contributed by atoms with van der Waals surface area (Å²) in [6, 6.07) is 3.80. The van der Waals surface area contributed by atoms with Crippen molar-refractivity contribution in [1.82, 2.24) is 36.3 Å². The predicted molar refractivity (Wildman–Crippen MR) is 299 cm³/mol. The van der Waals surface area contributed by atoms with Gasteiger partial charge in [0.15, 0.2) is 0 Å². The van der Waals surface area contributed by atoms with E-state index in [1.54, 1.807) is 49.0 Å². The number of aromatic nitrogens is 3. The molecule has 0 aliphatic heterocycles. The molecule has 0 fully saturated rings. The zero-order chi connectivity index (χ0) is 60.1. The lowest BCUT2D eigenvalue weighted by molar-refractivity contribution is -0.133.